The van der Waals surface area contributed by atoms with Crippen LogP contribution in [-0.4, -0.2) is 60.0 Å². The summed E-state index contributed by atoms with van der Waals surface area (Å²) in [7, 11) is 0. The number of hydrogen-bond acceptors (Lipinski definition) is 4. The van der Waals surface area contributed by atoms with E-state index >= 15 is 0 Å². The Morgan fingerprint density at radius 3 is 2.50 bits per heavy atom. The van der Waals surface area contributed by atoms with E-state index in [1.807, 2.05) is 29.2 Å². The lowest BCUT2D eigenvalue weighted by Crippen LogP contribution is -2.36. The summed E-state index contributed by atoms with van der Waals surface area (Å²) in [6, 6.07) is 11.8. The minimum atomic E-state index is 0.114. The second-order valence-corrected chi connectivity index (χ2v) is 8.05. The molecule has 28 heavy (non-hydrogen) atoms. The summed E-state index contributed by atoms with van der Waals surface area (Å²) in [6.45, 7) is 6.31. The van der Waals surface area contributed by atoms with Gasteiger partial charge < -0.3 is 9.80 Å². The average Bonchev–Trinajstić information content (AvgIpc) is 3.16. The van der Waals surface area contributed by atoms with Crippen LogP contribution in [0.25, 0.3) is 0 Å². The fourth-order valence-electron chi connectivity index (χ4n) is 4.10. The first-order chi connectivity index (χ1) is 13.7. The molecule has 1 aromatic heterocycles. The molecule has 1 aromatic carbocycles. The van der Waals surface area contributed by atoms with E-state index in [2.05, 4.69) is 26.9 Å². The van der Waals surface area contributed by atoms with Crippen LogP contribution in [0.5, 0.6) is 0 Å². The Labute approximate surface area is 171 Å². The first-order valence-corrected chi connectivity index (χ1v) is 10.5. The predicted molar refractivity (Wildman–Crippen MR) is 113 cm³/mol. The van der Waals surface area contributed by atoms with Gasteiger partial charge in [-0.05, 0) is 49.1 Å². The van der Waals surface area contributed by atoms with Crippen LogP contribution in [0.2, 0.25) is 5.02 Å². The molecule has 2 aromatic rings. The normalized spacial score (nSPS) is 18.3. The molecule has 0 N–H and O–H groups in total. The van der Waals surface area contributed by atoms with Gasteiger partial charge in [0.05, 0.1) is 5.56 Å². The largest absolute Gasteiger partial charge is 0.356 e. The Bertz CT molecular complexity index is 804. The highest BCUT2D eigenvalue weighted by atomic mass is 35.5. The van der Waals surface area contributed by atoms with E-state index in [0.717, 1.165) is 68.6 Å². The van der Waals surface area contributed by atoms with Crippen LogP contribution in [0.4, 0.5) is 5.82 Å². The van der Waals surface area contributed by atoms with Crippen molar-refractivity contribution < 1.29 is 4.79 Å². The van der Waals surface area contributed by atoms with Crippen LogP contribution in [0.1, 0.15) is 35.2 Å². The van der Waals surface area contributed by atoms with Gasteiger partial charge in [-0.1, -0.05) is 23.7 Å². The van der Waals surface area contributed by atoms with Gasteiger partial charge in [-0.2, -0.15) is 0 Å². The van der Waals surface area contributed by atoms with Crippen molar-refractivity contribution in [1.82, 2.24) is 14.8 Å². The minimum Gasteiger partial charge on any atom is -0.356 e. The summed E-state index contributed by atoms with van der Waals surface area (Å²) in [5.41, 5.74) is 2.00. The zero-order chi connectivity index (χ0) is 19.3. The Morgan fingerprint density at radius 1 is 0.929 bits per heavy atom. The zero-order valence-corrected chi connectivity index (χ0v) is 16.9. The number of amides is 1. The van der Waals surface area contributed by atoms with Gasteiger partial charge in [-0.15, -0.1) is 0 Å². The van der Waals surface area contributed by atoms with Crippen LogP contribution in [0.3, 0.4) is 0 Å². The minimum absolute atomic E-state index is 0.114. The van der Waals surface area contributed by atoms with Crippen molar-refractivity contribution in [3.63, 3.8) is 0 Å². The van der Waals surface area contributed by atoms with Crippen molar-refractivity contribution in [3.8, 4) is 0 Å². The maximum absolute atomic E-state index is 13.3. The molecule has 2 aliphatic heterocycles. The lowest BCUT2D eigenvalue weighted by molar-refractivity contribution is 0.0761. The standard InChI is InChI=1S/C22H27ClN4O/c23-19-8-6-18(7-9-19)17-25-11-4-14-27(16-15-25)22(28)20-5-3-10-24-21(20)26-12-1-2-13-26/h3,5-10H,1-2,4,11-17H2. The molecule has 2 aliphatic rings. The SMILES string of the molecule is O=C(c1cccnc1N1CCCC1)N1CCCN(Cc2ccc(Cl)cc2)CC1. The quantitative estimate of drug-likeness (QED) is 0.787. The van der Waals surface area contributed by atoms with Gasteiger partial charge in [0.1, 0.15) is 5.82 Å². The Balaban J connectivity index is 1.41. The van der Waals surface area contributed by atoms with Crippen molar-refractivity contribution in [2.24, 2.45) is 0 Å². The molecule has 2 fully saturated rings. The molecule has 0 radical (unpaired) electrons. The van der Waals surface area contributed by atoms with Gasteiger partial charge in [0.15, 0.2) is 0 Å². The smallest absolute Gasteiger partial charge is 0.257 e. The molecular weight excluding hydrogens is 372 g/mol. The Kier molecular flexibility index (Phi) is 6.13. The van der Waals surface area contributed by atoms with Gasteiger partial charge >= 0.3 is 0 Å². The molecule has 6 heteroatoms. The summed E-state index contributed by atoms with van der Waals surface area (Å²) in [6.07, 6.45) is 5.13. The molecule has 3 heterocycles. The van der Waals surface area contributed by atoms with Crippen molar-refractivity contribution >= 4 is 23.3 Å². The first-order valence-electron chi connectivity index (χ1n) is 10.2. The van der Waals surface area contributed by atoms with E-state index in [9.17, 15) is 4.79 Å². The monoisotopic (exact) mass is 398 g/mol. The fourth-order valence-corrected chi connectivity index (χ4v) is 4.22. The maximum Gasteiger partial charge on any atom is 0.257 e. The van der Waals surface area contributed by atoms with Crippen LogP contribution in [-0.2, 0) is 6.54 Å². The first kappa shape index (κ1) is 19.2. The summed E-state index contributed by atoms with van der Waals surface area (Å²) in [5.74, 6) is 0.968. The van der Waals surface area contributed by atoms with Crippen LogP contribution < -0.4 is 4.90 Å². The van der Waals surface area contributed by atoms with Gasteiger partial charge in [0.25, 0.3) is 5.91 Å². The highest BCUT2D eigenvalue weighted by molar-refractivity contribution is 6.30. The highest BCUT2D eigenvalue weighted by Gasteiger charge is 2.25. The van der Waals surface area contributed by atoms with E-state index in [1.54, 1.807) is 6.20 Å². The molecule has 4 rings (SSSR count). The predicted octanol–water partition coefficient (Wildman–Crippen LogP) is 3.68. The molecule has 0 bridgehead atoms. The molecule has 2 saturated heterocycles. The van der Waals surface area contributed by atoms with E-state index in [-0.39, 0.29) is 5.91 Å². The molecule has 0 saturated carbocycles. The third-order valence-electron chi connectivity index (χ3n) is 5.62. The lowest BCUT2D eigenvalue weighted by Gasteiger charge is -2.25. The number of halogens is 1. The summed E-state index contributed by atoms with van der Waals surface area (Å²) >= 11 is 5.99. The number of aromatic nitrogens is 1. The van der Waals surface area contributed by atoms with Crippen LogP contribution in [0.15, 0.2) is 42.6 Å². The van der Waals surface area contributed by atoms with Crippen LogP contribution >= 0.6 is 11.6 Å². The maximum atomic E-state index is 13.3. The Morgan fingerprint density at radius 2 is 1.71 bits per heavy atom. The average molecular weight is 399 g/mol. The molecule has 1 amide bonds. The van der Waals surface area contributed by atoms with Crippen molar-refractivity contribution in [2.45, 2.75) is 25.8 Å². The molecule has 0 unspecified atom stereocenters. The highest BCUT2D eigenvalue weighted by Crippen LogP contribution is 2.24. The van der Waals surface area contributed by atoms with Gasteiger partial charge in [0.2, 0.25) is 0 Å². The summed E-state index contributed by atoms with van der Waals surface area (Å²) in [5, 5.41) is 0.765. The van der Waals surface area contributed by atoms with Crippen LogP contribution in [0, 0.1) is 0 Å². The number of hydrogen-bond donors (Lipinski definition) is 0. The zero-order valence-electron chi connectivity index (χ0n) is 16.2. The van der Waals surface area contributed by atoms with Gasteiger partial charge in [0, 0.05) is 57.0 Å². The van der Waals surface area contributed by atoms with E-state index < -0.39 is 0 Å². The van der Waals surface area contributed by atoms with Crippen molar-refractivity contribution in [1.29, 1.82) is 0 Å². The second-order valence-electron chi connectivity index (χ2n) is 7.62. The van der Waals surface area contributed by atoms with Crippen molar-refractivity contribution in [2.75, 3.05) is 44.2 Å². The number of carbonyl (C=O) groups excluding carboxylic acids is 1. The number of pyridine rings is 1. The topological polar surface area (TPSA) is 39.7 Å². The molecule has 0 spiro atoms. The third-order valence-corrected chi connectivity index (χ3v) is 5.87. The summed E-state index contributed by atoms with van der Waals surface area (Å²) in [4.78, 5) is 24.5. The molecule has 5 nitrogen and oxygen atoms in total. The fraction of sp³-hybridized carbons (Fsp3) is 0.455. The second kappa shape index (κ2) is 8.93. The number of benzene rings is 1. The number of anilines is 1. The van der Waals surface area contributed by atoms with E-state index in [4.69, 9.17) is 11.6 Å². The van der Waals surface area contributed by atoms with Gasteiger partial charge in [-0.25, -0.2) is 4.98 Å². The van der Waals surface area contributed by atoms with E-state index in [1.165, 1.54) is 18.4 Å². The van der Waals surface area contributed by atoms with Crippen molar-refractivity contribution in [3.05, 3.63) is 58.7 Å². The summed E-state index contributed by atoms with van der Waals surface area (Å²) < 4.78 is 0. The number of rotatable bonds is 4. The number of nitrogens with zero attached hydrogens (tertiary/aromatic N) is 4. The number of carbonyl (C=O) groups is 1. The van der Waals surface area contributed by atoms with E-state index in [0.29, 0.717) is 0 Å². The lowest BCUT2D eigenvalue weighted by atomic mass is 10.2. The Hall–Kier alpha value is -2.11. The molecular formula is C22H27ClN4O. The van der Waals surface area contributed by atoms with Gasteiger partial charge in [-0.3, -0.25) is 9.69 Å². The molecule has 0 atom stereocenters. The molecule has 0 aliphatic carbocycles. The third kappa shape index (κ3) is 4.47. The molecule has 148 valence electrons.